The number of carboxylic acid groups (broad SMARTS) is 1. The Balaban J connectivity index is 1.76. The summed E-state index contributed by atoms with van der Waals surface area (Å²) in [4.78, 5) is 20.7. The maximum Gasteiger partial charge on any atom is 0.356 e. The van der Waals surface area contributed by atoms with Crippen LogP contribution in [-0.2, 0) is 6.54 Å². The summed E-state index contributed by atoms with van der Waals surface area (Å²) in [6, 6.07) is 5.08. The van der Waals surface area contributed by atoms with Gasteiger partial charge in [0.1, 0.15) is 11.6 Å². The smallest absolute Gasteiger partial charge is 0.356 e. The molecule has 2 heterocycles. The predicted octanol–water partition coefficient (Wildman–Crippen LogP) is 2.53. The van der Waals surface area contributed by atoms with Gasteiger partial charge in [0, 0.05) is 30.9 Å². The number of nitrogens with zero attached hydrogens (tertiary/aromatic N) is 3. The third kappa shape index (κ3) is 3.39. The Hall–Kier alpha value is -2.70. The van der Waals surface area contributed by atoms with Gasteiger partial charge in [-0.1, -0.05) is 6.07 Å². The van der Waals surface area contributed by atoms with Crippen LogP contribution in [0, 0.1) is 5.82 Å². The molecule has 0 bridgehead atoms. The second-order valence-electron chi connectivity index (χ2n) is 5.38. The zero-order chi connectivity index (χ0) is 16.2. The van der Waals surface area contributed by atoms with Gasteiger partial charge in [-0.3, -0.25) is 0 Å². The number of hydrogen-bond donors (Lipinski definition) is 2. The Morgan fingerprint density at radius 2 is 2.04 bits per heavy atom. The average molecular weight is 316 g/mol. The third-order valence-corrected chi connectivity index (χ3v) is 3.86. The van der Waals surface area contributed by atoms with Crippen molar-refractivity contribution in [2.24, 2.45) is 0 Å². The monoisotopic (exact) mass is 316 g/mol. The molecular weight excluding hydrogens is 299 g/mol. The van der Waals surface area contributed by atoms with E-state index < -0.39 is 5.97 Å². The summed E-state index contributed by atoms with van der Waals surface area (Å²) < 4.78 is 14.2. The molecule has 1 fully saturated rings. The van der Waals surface area contributed by atoms with Gasteiger partial charge >= 0.3 is 5.97 Å². The minimum atomic E-state index is -1.13. The maximum atomic E-state index is 14.2. The normalized spacial score (nSPS) is 14.0. The molecule has 1 aromatic heterocycles. The van der Waals surface area contributed by atoms with E-state index in [2.05, 4.69) is 20.2 Å². The lowest BCUT2D eigenvalue weighted by Gasteiger charge is -2.22. The van der Waals surface area contributed by atoms with E-state index in [0.29, 0.717) is 11.4 Å². The van der Waals surface area contributed by atoms with Crippen molar-refractivity contribution in [3.63, 3.8) is 0 Å². The van der Waals surface area contributed by atoms with Gasteiger partial charge in [-0.2, -0.15) is 0 Å². The van der Waals surface area contributed by atoms with E-state index in [1.54, 1.807) is 6.07 Å². The van der Waals surface area contributed by atoms with E-state index >= 15 is 0 Å². The van der Waals surface area contributed by atoms with Crippen LogP contribution in [0.3, 0.4) is 0 Å². The first-order chi connectivity index (χ1) is 11.1. The largest absolute Gasteiger partial charge is 0.476 e. The fourth-order valence-corrected chi connectivity index (χ4v) is 2.69. The number of anilines is 2. The first kappa shape index (κ1) is 15.2. The minimum Gasteiger partial charge on any atom is -0.476 e. The van der Waals surface area contributed by atoms with Crippen LogP contribution in [0.25, 0.3) is 0 Å². The Morgan fingerprint density at radius 1 is 1.26 bits per heavy atom. The number of carboxylic acids is 1. The topological polar surface area (TPSA) is 78.3 Å². The molecule has 2 N–H and O–H groups in total. The van der Waals surface area contributed by atoms with Crippen LogP contribution in [-0.4, -0.2) is 34.1 Å². The quantitative estimate of drug-likeness (QED) is 0.882. The van der Waals surface area contributed by atoms with Gasteiger partial charge in [0.25, 0.3) is 0 Å². The van der Waals surface area contributed by atoms with E-state index in [9.17, 15) is 9.18 Å². The van der Waals surface area contributed by atoms with E-state index in [4.69, 9.17) is 5.11 Å². The summed E-state index contributed by atoms with van der Waals surface area (Å²) >= 11 is 0. The number of carbonyl (C=O) groups is 1. The molecular formula is C16H17FN4O2. The third-order valence-electron chi connectivity index (χ3n) is 3.86. The molecule has 23 heavy (non-hydrogen) atoms. The average Bonchev–Trinajstić information content (AvgIpc) is 3.08. The van der Waals surface area contributed by atoms with E-state index in [0.717, 1.165) is 31.6 Å². The second kappa shape index (κ2) is 6.60. The fraction of sp³-hybridized carbons (Fsp3) is 0.312. The van der Waals surface area contributed by atoms with Crippen molar-refractivity contribution in [2.75, 3.05) is 23.3 Å². The predicted molar refractivity (Wildman–Crippen MR) is 84.2 cm³/mol. The van der Waals surface area contributed by atoms with Crippen molar-refractivity contribution < 1.29 is 14.3 Å². The summed E-state index contributed by atoms with van der Waals surface area (Å²) in [7, 11) is 0. The van der Waals surface area contributed by atoms with Crippen LogP contribution in [0.5, 0.6) is 0 Å². The van der Waals surface area contributed by atoms with Gasteiger partial charge in [-0.05, 0) is 25.0 Å². The molecule has 0 amide bonds. The minimum absolute atomic E-state index is 0.126. The van der Waals surface area contributed by atoms with Crippen LogP contribution < -0.4 is 10.2 Å². The van der Waals surface area contributed by atoms with Crippen LogP contribution >= 0.6 is 0 Å². The number of benzene rings is 1. The second-order valence-corrected chi connectivity index (χ2v) is 5.38. The Morgan fingerprint density at radius 3 is 2.70 bits per heavy atom. The molecule has 0 radical (unpaired) electrons. The highest BCUT2D eigenvalue weighted by molar-refractivity contribution is 5.84. The number of aromatic nitrogens is 2. The molecule has 3 rings (SSSR count). The van der Waals surface area contributed by atoms with Gasteiger partial charge in [0.2, 0.25) is 0 Å². The SMILES string of the molecule is O=C(O)c1cnc(NCc2c(F)cccc2N2CCCC2)cn1. The summed E-state index contributed by atoms with van der Waals surface area (Å²) in [5.74, 6) is -0.989. The van der Waals surface area contributed by atoms with Crippen LogP contribution in [0.2, 0.25) is 0 Å². The van der Waals surface area contributed by atoms with E-state index in [1.165, 1.54) is 18.5 Å². The van der Waals surface area contributed by atoms with Crippen LogP contribution in [0.15, 0.2) is 30.6 Å². The first-order valence-electron chi connectivity index (χ1n) is 7.46. The van der Waals surface area contributed by atoms with Gasteiger partial charge < -0.3 is 15.3 Å². The van der Waals surface area contributed by atoms with Gasteiger partial charge in [-0.15, -0.1) is 0 Å². The number of nitrogens with one attached hydrogen (secondary N) is 1. The molecule has 0 saturated carbocycles. The molecule has 0 unspecified atom stereocenters. The molecule has 2 aromatic rings. The lowest BCUT2D eigenvalue weighted by atomic mass is 10.1. The van der Waals surface area contributed by atoms with Crippen molar-refractivity contribution in [1.29, 1.82) is 0 Å². The molecule has 7 heteroatoms. The van der Waals surface area contributed by atoms with Crippen molar-refractivity contribution in [3.8, 4) is 0 Å². The summed E-state index contributed by atoms with van der Waals surface area (Å²) in [5.41, 5.74) is 1.35. The van der Waals surface area contributed by atoms with Crippen molar-refractivity contribution in [1.82, 2.24) is 9.97 Å². The molecule has 0 spiro atoms. The lowest BCUT2D eigenvalue weighted by molar-refractivity contribution is 0.0690. The number of halogens is 1. The fourth-order valence-electron chi connectivity index (χ4n) is 2.69. The standard InChI is InChI=1S/C16H17FN4O2/c17-12-4-3-5-14(21-6-1-2-7-21)11(12)8-19-15-10-18-13(9-20-15)16(22)23/h3-5,9-10H,1-2,6-8H2,(H,19,20)(H,22,23). The van der Waals surface area contributed by atoms with Crippen molar-refractivity contribution in [3.05, 3.63) is 47.7 Å². The molecule has 0 atom stereocenters. The zero-order valence-corrected chi connectivity index (χ0v) is 12.5. The van der Waals surface area contributed by atoms with Gasteiger partial charge in [0.15, 0.2) is 5.69 Å². The summed E-state index contributed by atoms with van der Waals surface area (Å²) in [5, 5.41) is 11.8. The van der Waals surface area contributed by atoms with E-state index in [-0.39, 0.29) is 18.1 Å². The molecule has 1 aromatic carbocycles. The first-order valence-corrected chi connectivity index (χ1v) is 7.46. The van der Waals surface area contributed by atoms with Gasteiger partial charge in [-0.25, -0.2) is 19.2 Å². The van der Waals surface area contributed by atoms with Crippen molar-refractivity contribution >= 4 is 17.5 Å². The Bertz CT molecular complexity index is 700. The van der Waals surface area contributed by atoms with E-state index in [1.807, 2.05) is 6.07 Å². The lowest BCUT2D eigenvalue weighted by Crippen LogP contribution is -2.20. The molecule has 1 aliphatic rings. The molecule has 120 valence electrons. The zero-order valence-electron chi connectivity index (χ0n) is 12.5. The molecule has 1 aliphatic heterocycles. The summed E-state index contributed by atoms with van der Waals surface area (Å²) in [6.07, 6.45) is 4.74. The van der Waals surface area contributed by atoms with Crippen LogP contribution in [0.1, 0.15) is 28.9 Å². The summed E-state index contributed by atoms with van der Waals surface area (Å²) in [6.45, 7) is 2.13. The molecule has 6 nitrogen and oxygen atoms in total. The maximum absolute atomic E-state index is 14.2. The van der Waals surface area contributed by atoms with Gasteiger partial charge in [0.05, 0.1) is 12.4 Å². The highest BCUT2D eigenvalue weighted by Gasteiger charge is 2.18. The highest BCUT2D eigenvalue weighted by atomic mass is 19.1. The molecule has 0 aliphatic carbocycles. The number of hydrogen-bond acceptors (Lipinski definition) is 5. The number of aromatic carboxylic acids is 1. The Labute approximate surface area is 133 Å². The highest BCUT2D eigenvalue weighted by Crippen LogP contribution is 2.27. The van der Waals surface area contributed by atoms with Crippen LogP contribution in [0.4, 0.5) is 15.9 Å². The van der Waals surface area contributed by atoms with Crippen molar-refractivity contribution in [2.45, 2.75) is 19.4 Å². The molecule has 1 saturated heterocycles. The Kier molecular flexibility index (Phi) is 4.36. The number of rotatable bonds is 5.